The largest absolute Gasteiger partial charge is 0.369 e. The van der Waals surface area contributed by atoms with Crippen LogP contribution >= 0.6 is 0 Å². The maximum Gasteiger partial charge on any atom is 0.276 e. The highest BCUT2D eigenvalue weighted by atomic mass is 16.1. The van der Waals surface area contributed by atoms with Gasteiger partial charge in [0.2, 0.25) is 5.95 Å². The molecular weight excluding hydrogens is 216 g/mol. The summed E-state index contributed by atoms with van der Waals surface area (Å²) in [6, 6.07) is 0. The average Bonchev–Trinajstić information content (AvgIpc) is 2.74. The summed E-state index contributed by atoms with van der Waals surface area (Å²) in [5.74, 6) is 0.509. The summed E-state index contributed by atoms with van der Waals surface area (Å²) in [5.41, 5.74) is 7.64. The highest BCUT2D eigenvalue weighted by Crippen LogP contribution is 2.31. The molecule has 88 valence electrons. The zero-order chi connectivity index (χ0) is 11.8. The maximum atomic E-state index is 11.7. The minimum atomic E-state index is -0.210. The first-order valence-corrected chi connectivity index (χ1v) is 5.79. The van der Waals surface area contributed by atoms with Crippen LogP contribution in [0.15, 0.2) is 23.1 Å². The highest BCUT2D eigenvalue weighted by molar-refractivity contribution is 5.79. The number of aromatic nitrogens is 3. The van der Waals surface area contributed by atoms with Gasteiger partial charge in [0.25, 0.3) is 5.56 Å². The van der Waals surface area contributed by atoms with Gasteiger partial charge in [0.15, 0.2) is 0 Å². The Balaban J connectivity index is 2.20. The number of nitrogens with zero attached hydrogens (tertiary/aromatic N) is 1. The standard InChI is InChI=1S/C12H14N4O/c13-12-15-9-8(7-4-2-1-3-5-7)6-14-10(9)11(17)16-12/h2,4,6-7,14H,1,3,5H2,(H3,13,15,16,17). The molecule has 2 aromatic rings. The van der Waals surface area contributed by atoms with Gasteiger partial charge in [-0.05, 0) is 19.3 Å². The van der Waals surface area contributed by atoms with E-state index < -0.39 is 0 Å². The van der Waals surface area contributed by atoms with Crippen LogP contribution in [0.1, 0.15) is 30.7 Å². The summed E-state index contributed by atoms with van der Waals surface area (Å²) in [7, 11) is 0. The van der Waals surface area contributed by atoms with Crippen LogP contribution in [0.5, 0.6) is 0 Å². The summed E-state index contributed by atoms with van der Waals surface area (Å²) in [4.78, 5) is 21.4. The molecule has 3 rings (SSSR count). The van der Waals surface area contributed by atoms with Crippen LogP contribution in [0.3, 0.4) is 0 Å². The van der Waals surface area contributed by atoms with E-state index in [0.717, 1.165) is 18.4 Å². The van der Waals surface area contributed by atoms with Crippen molar-refractivity contribution >= 4 is 17.0 Å². The second kappa shape index (κ2) is 3.76. The van der Waals surface area contributed by atoms with E-state index in [1.165, 1.54) is 6.42 Å². The van der Waals surface area contributed by atoms with Gasteiger partial charge in [-0.1, -0.05) is 12.2 Å². The molecule has 1 aliphatic rings. The summed E-state index contributed by atoms with van der Waals surface area (Å²) in [6.07, 6.45) is 9.64. The molecular formula is C12H14N4O. The Kier molecular flexibility index (Phi) is 2.24. The summed E-state index contributed by atoms with van der Waals surface area (Å²) < 4.78 is 0. The molecule has 0 saturated heterocycles. The van der Waals surface area contributed by atoms with Crippen molar-refractivity contribution in [3.8, 4) is 0 Å². The molecule has 0 bridgehead atoms. The Bertz CT molecular complexity index is 637. The summed E-state index contributed by atoms with van der Waals surface area (Å²) in [5, 5.41) is 0. The maximum absolute atomic E-state index is 11.7. The monoisotopic (exact) mass is 230 g/mol. The number of allylic oxidation sites excluding steroid dienone is 2. The second-order valence-corrected chi connectivity index (χ2v) is 4.38. The van der Waals surface area contributed by atoms with Gasteiger partial charge in [-0.15, -0.1) is 0 Å². The molecule has 1 unspecified atom stereocenters. The Morgan fingerprint density at radius 3 is 3.12 bits per heavy atom. The van der Waals surface area contributed by atoms with Crippen molar-refractivity contribution < 1.29 is 0 Å². The highest BCUT2D eigenvalue weighted by Gasteiger charge is 2.17. The first-order valence-electron chi connectivity index (χ1n) is 5.79. The molecule has 0 fully saturated rings. The van der Waals surface area contributed by atoms with Crippen LogP contribution in [0, 0.1) is 0 Å². The molecule has 0 radical (unpaired) electrons. The topological polar surface area (TPSA) is 87.6 Å². The van der Waals surface area contributed by atoms with Crippen LogP contribution in [-0.2, 0) is 0 Å². The number of aromatic amines is 2. The van der Waals surface area contributed by atoms with E-state index in [1.54, 1.807) is 0 Å². The minimum Gasteiger partial charge on any atom is -0.369 e. The third-order valence-corrected chi connectivity index (χ3v) is 3.24. The van der Waals surface area contributed by atoms with Crippen molar-refractivity contribution in [3.05, 3.63) is 34.3 Å². The number of hydrogen-bond donors (Lipinski definition) is 3. The minimum absolute atomic E-state index is 0.170. The predicted octanol–water partition coefficient (Wildman–Crippen LogP) is 1.66. The first-order chi connectivity index (χ1) is 8.25. The van der Waals surface area contributed by atoms with Crippen molar-refractivity contribution in [2.45, 2.75) is 25.2 Å². The Morgan fingerprint density at radius 2 is 2.35 bits per heavy atom. The van der Waals surface area contributed by atoms with E-state index in [-0.39, 0.29) is 11.5 Å². The van der Waals surface area contributed by atoms with Crippen molar-refractivity contribution in [2.75, 3.05) is 5.73 Å². The number of nitrogens with two attached hydrogens (primary N) is 1. The average molecular weight is 230 g/mol. The third-order valence-electron chi connectivity index (χ3n) is 3.24. The normalized spacial score (nSPS) is 19.9. The lowest BCUT2D eigenvalue weighted by Gasteiger charge is -2.14. The molecule has 5 heteroatoms. The Hall–Kier alpha value is -2.04. The van der Waals surface area contributed by atoms with Crippen LogP contribution in [0.4, 0.5) is 5.95 Å². The zero-order valence-corrected chi connectivity index (χ0v) is 9.36. The number of anilines is 1. The number of nitrogen functional groups attached to an aromatic ring is 1. The fourth-order valence-electron chi connectivity index (χ4n) is 2.41. The van der Waals surface area contributed by atoms with Crippen LogP contribution < -0.4 is 11.3 Å². The fourth-order valence-corrected chi connectivity index (χ4v) is 2.41. The lowest BCUT2D eigenvalue weighted by molar-refractivity contribution is 0.657. The van der Waals surface area contributed by atoms with Crippen molar-refractivity contribution in [2.24, 2.45) is 0 Å². The van der Waals surface area contributed by atoms with E-state index in [9.17, 15) is 4.79 Å². The van der Waals surface area contributed by atoms with Gasteiger partial charge in [-0.25, -0.2) is 4.98 Å². The van der Waals surface area contributed by atoms with Gasteiger partial charge >= 0.3 is 0 Å². The molecule has 2 heterocycles. The SMILES string of the molecule is Nc1nc2c(C3C=CCCC3)c[nH]c2c(=O)[nH]1. The third kappa shape index (κ3) is 1.63. The molecule has 1 atom stereocenters. The van der Waals surface area contributed by atoms with Crippen LogP contribution in [-0.4, -0.2) is 15.0 Å². The van der Waals surface area contributed by atoms with Gasteiger partial charge in [0.1, 0.15) is 11.0 Å². The number of hydrogen-bond acceptors (Lipinski definition) is 3. The van der Waals surface area contributed by atoms with Gasteiger partial charge in [0.05, 0.1) is 0 Å². The number of rotatable bonds is 1. The Morgan fingerprint density at radius 1 is 1.47 bits per heavy atom. The number of nitrogens with one attached hydrogen (secondary N) is 2. The Labute approximate surface area is 97.8 Å². The molecule has 4 N–H and O–H groups in total. The van der Waals surface area contributed by atoms with Gasteiger partial charge in [-0.2, -0.15) is 0 Å². The van der Waals surface area contributed by atoms with Crippen LogP contribution in [0.2, 0.25) is 0 Å². The van der Waals surface area contributed by atoms with E-state index in [2.05, 4.69) is 27.1 Å². The van der Waals surface area contributed by atoms with Crippen LogP contribution in [0.25, 0.3) is 11.0 Å². The molecule has 0 aromatic carbocycles. The van der Waals surface area contributed by atoms with Gasteiger partial charge in [-0.3, -0.25) is 9.78 Å². The quantitative estimate of drug-likeness (QED) is 0.651. The second-order valence-electron chi connectivity index (χ2n) is 4.38. The molecule has 17 heavy (non-hydrogen) atoms. The molecule has 0 spiro atoms. The zero-order valence-electron chi connectivity index (χ0n) is 9.36. The van der Waals surface area contributed by atoms with E-state index >= 15 is 0 Å². The van der Waals surface area contributed by atoms with E-state index in [0.29, 0.717) is 17.0 Å². The van der Waals surface area contributed by atoms with Crippen molar-refractivity contribution in [1.29, 1.82) is 0 Å². The van der Waals surface area contributed by atoms with E-state index in [1.807, 2.05) is 6.20 Å². The smallest absolute Gasteiger partial charge is 0.276 e. The molecule has 0 amide bonds. The molecule has 2 aromatic heterocycles. The first kappa shape index (κ1) is 10.1. The summed E-state index contributed by atoms with van der Waals surface area (Å²) in [6.45, 7) is 0. The molecule has 1 aliphatic carbocycles. The lowest BCUT2D eigenvalue weighted by Crippen LogP contribution is -2.11. The van der Waals surface area contributed by atoms with Gasteiger partial charge < -0.3 is 10.7 Å². The lowest BCUT2D eigenvalue weighted by atomic mass is 9.90. The predicted molar refractivity (Wildman–Crippen MR) is 66.9 cm³/mol. The molecule has 5 nitrogen and oxygen atoms in total. The van der Waals surface area contributed by atoms with Crippen molar-refractivity contribution in [1.82, 2.24) is 15.0 Å². The molecule has 0 aliphatic heterocycles. The number of H-pyrrole nitrogens is 2. The molecule has 0 saturated carbocycles. The summed E-state index contributed by atoms with van der Waals surface area (Å²) >= 11 is 0. The number of fused-ring (bicyclic) bond motifs is 1. The fraction of sp³-hybridized carbons (Fsp3) is 0.333. The van der Waals surface area contributed by atoms with Crippen molar-refractivity contribution in [3.63, 3.8) is 0 Å². The van der Waals surface area contributed by atoms with E-state index in [4.69, 9.17) is 5.73 Å². The van der Waals surface area contributed by atoms with Gasteiger partial charge in [0, 0.05) is 17.7 Å².